The fourth-order valence-corrected chi connectivity index (χ4v) is 2.33. The molecule has 1 atom stereocenters. The molecule has 1 aliphatic rings. The van der Waals surface area contributed by atoms with Crippen LogP contribution >= 0.6 is 15.9 Å². The Balaban J connectivity index is 2.40. The Kier molecular flexibility index (Phi) is 2.95. The van der Waals surface area contributed by atoms with E-state index in [1.807, 2.05) is 0 Å². The van der Waals surface area contributed by atoms with Crippen molar-refractivity contribution in [2.75, 3.05) is 11.4 Å². The number of rotatable bonds is 2. The number of carbonyl (C=O) groups is 1. The summed E-state index contributed by atoms with van der Waals surface area (Å²) in [6.07, 6.45) is 2.89. The van der Waals surface area contributed by atoms with Gasteiger partial charge in [0, 0.05) is 6.54 Å². The van der Waals surface area contributed by atoms with Crippen molar-refractivity contribution >= 4 is 27.7 Å². The number of anilines is 1. The van der Waals surface area contributed by atoms with Gasteiger partial charge in [-0.05, 0) is 28.8 Å². The SMILES string of the molecule is NC(=O)C1CCCN1c1nc[nH]c(=O)c1Br. The average Bonchev–Trinajstić information content (AvgIpc) is 2.70. The number of amides is 1. The maximum atomic E-state index is 11.4. The van der Waals surface area contributed by atoms with Crippen LogP contribution in [0.5, 0.6) is 0 Å². The second-order valence-electron chi connectivity index (χ2n) is 3.62. The number of carbonyl (C=O) groups excluding carboxylic acids is 1. The maximum absolute atomic E-state index is 11.4. The van der Waals surface area contributed by atoms with E-state index in [9.17, 15) is 9.59 Å². The van der Waals surface area contributed by atoms with Gasteiger partial charge >= 0.3 is 0 Å². The van der Waals surface area contributed by atoms with Gasteiger partial charge in [0.25, 0.3) is 5.56 Å². The molecule has 0 aliphatic carbocycles. The van der Waals surface area contributed by atoms with Crippen molar-refractivity contribution in [3.8, 4) is 0 Å². The van der Waals surface area contributed by atoms with Crippen LogP contribution in [0.15, 0.2) is 15.6 Å². The average molecular weight is 287 g/mol. The van der Waals surface area contributed by atoms with E-state index >= 15 is 0 Å². The van der Waals surface area contributed by atoms with Gasteiger partial charge in [-0.15, -0.1) is 0 Å². The van der Waals surface area contributed by atoms with E-state index < -0.39 is 0 Å². The zero-order valence-electron chi connectivity index (χ0n) is 8.44. The highest BCUT2D eigenvalue weighted by Crippen LogP contribution is 2.27. The summed E-state index contributed by atoms with van der Waals surface area (Å²) in [5.74, 6) is 0.0940. The Morgan fingerprint density at radius 3 is 3.12 bits per heavy atom. The fourth-order valence-electron chi connectivity index (χ4n) is 1.89. The fraction of sp³-hybridized carbons (Fsp3) is 0.444. The number of hydrogen-bond donors (Lipinski definition) is 2. The molecule has 1 amide bonds. The standard InChI is InChI=1S/C9H11BrN4O2/c10-6-8(12-4-13-9(6)16)14-3-1-2-5(14)7(11)15/h4-5H,1-3H2,(H2,11,15)(H,12,13,16). The molecule has 86 valence electrons. The van der Waals surface area contributed by atoms with Gasteiger partial charge in [0.15, 0.2) is 5.82 Å². The van der Waals surface area contributed by atoms with Crippen molar-refractivity contribution in [1.29, 1.82) is 0 Å². The molecule has 0 radical (unpaired) electrons. The summed E-state index contributed by atoms with van der Waals surface area (Å²) >= 11 is 3.17. The number of nitrogens with zero attached hydrogens (tertiary/aromatic N) is 2. The number of primary amides is 1. The van der Waals surface area contributed by atoms with Gasteiger partial charge in [0.2, 0.25) is 5.91 Å². The maximum Gasteiger partial charge on any atom is 0.267 e. The van der Waals surface area contributed by atoms with Crippen LogP contribution in [0.3, 0.4) is 0 Å². The van der Waals surface area contributed by atoms with Gasteiger partial charge in [0.1, 0.15) is 10.5 Å². The first kappa shape index (κ1) is 11.1. The van der Waals surface area contributed by atoms with Crippen molar-refractivity contribution in [3.05, 3.63) is 21.2 Å². The minimum absolute atomic E-state index is 0.264. The second-order valence-corrected chi connectivity index (χ2v) is 4.42. The predicted octanol–water partition coefficient (Wildman–Crippen LogP) is -0.0135. The van der Waals surface area contributed by atoms with Gasteiger partial charge in [-0.25, -0.2) is 4.98 Å². The molecule has 6 nitrogen and oxygen atoms in total. The lowest BCUT2D eigenvalue weighted by molar-refractivity contribution is -0.119. The summed E-state index contributed by atoms with van der Waals surface area (Å²) in [6.45, 7) is 0.683. The van der Waals surface area contributed by atoms with Gasteiger partial charge in [-0.2, -0.15) is 0 Å². The lowest BCUT2D eigenvalue weighted by Gasteiger charge is -2.23. The molecule has 16 heavy (non-hydrogen) atoms. The highest BCUT2D eigenvalue weighted by molar-refractivity contribution is 9.10. The summed E-state index contributed by atoms with van der Waals surface area (Å²) in [5.41, 5.74) is 5.04. The third kappa shape index (κ3) is 1.82. The normalized spacial score (nSPS) is 20.1. The molecule has 0 spiro atoms. The number of aromatic amines is 1. The summed E-state index contributed by atoms with van der Waals surface area (Å²) < 4.78 is 0.336. The number of aromatic nitrogens is 2. The molecule has 0 bridgehead atoms. The van der Waals surface area contributed by atoms with Crippen molar-refractivity contribution in [3.63, 3.8) is 0 Å². The molecule has 1 saturated heterocycles. The summed E-state index contributed by atoms with van der Waals surface area (Å²) in [6, 6.07) is -0.370. The van der Waals surface area contributed by atoms with Gasteiger partial charge < -0.3 is 15.6 Å². The van der Waals surface area contributed by atoms with Crippen LogP contribution in [-0.2, 0) is 4.79 Å². The minimum atomic E-state index is -0.383. The Labute approximate surface area is 100.0 Å². The quantitative estimate of drug-likeness (QED) is 0.800. The third-order valence-electron chi connectivity index (χ3n) is 2.63. The van der Waals surface area contributed by atoms with Crippen LogP contribution in [0.4, 0.5) is 5.82 Å². The van der Waals surface area contributed by atoms with E-state index in [1.54, 1.807) is 4.90 Å². The van der Waals surface area contributed by atoms with Crippen LogP contribution in [0, 0.1) is 0 Å². The molecule has 2 rings (SSSR count). The van der Waals surface area contributed by atoms with Crippen molar-refractivity contribution < 1.29 is 4.79 Å². The molecule has 0 saturated carbocycles. The minimum Gasteiger partial charge on any atom is -0.368 e. The van der Waals surface area contributed by atoms with E-state index in [4.69, 9.17) is 5.73 Å². The summed E-state index contributed by atoms with van der Waals surface area (Å²) in [5, 5.41) is 0. The Bertz CT molecular complexity index is 473. The number of nitrogens with two attached hydrogens (primary N) is 1. The number of H-pyrrole nitrogens is 1. The molecule has 1 fully saturated rings. The highest BCUT2D eigenvalue weighted by atomic mass is 79.9. The molecular weight excluding hydrogens is 276 g/mol. The van der Waals surface area contributed by atoms with Gasteiger partial charge in [-0.3, -0.25) is 9.59 Å². The third-order valence-corrected chi connectivity index (χ3v) is 3.35. The van der Waals surface area contributed by atoms with Crippen LogP contribution in [-0.4, -0.2) is 28.5 Å². The number of halogens is 1. The molecule has 3 N–H and O–H groups in total. The van der Waals surface area contributed by atoms with E-state index in [0.29, 0.717) is 23.3 Å². The second kappa shape index (κ2) is 4.25. The first-order valence-corrected chi connectivity index (χ1v) is 5.69. The predicted molar refractivity (Wildman–Crippen MR) is 62.1 cm³/mol. The molecular formula is C9H11BrN4O2. The van der Waals surface area contributed by atoms with E-state index in [2.05, 4.69) is 25.9 Å². The molecule has 1 aromatic rings. The molecule has 1 unspecified atom stereocenters. The van der Waals surface area contributed by atoms with Crippen molar-refractivity contribution in [2.24, 2.45) is 5.73 Å². The first-order chi connectivity index (χ1) is 7.61. The van der Waals surface area contributed by atoms with Crippen LogP contribution in [0.2, 0.25) is 0 Å². The van der Waals surface area contributed by atoms with Gasteiger partial charge in [0.05, 0.1) is 6.33 Å². The smallest absolute Gasteiger partial charge is 0.267 e. The topological polar surface area (TPSA) is 92.1 Å². The number of nitrogens with one attached hydrogen (secondary N) is 1. The van der Waals surface area contributed by atoms with Crippen molar-refractivity contribution in [2.45, 2.75) is 18.9 Å². The summed E-state index contributed by atoms with van der Waals surface area (Å²) in [7, 11) is 0. The van der Waals surface area contributed by atoms with Crippen LogP contribution in [0.1, 0.15) is 12.8 Å². The summed E-state index contributed by atoms with van der Waals surface area (Å²) in [4.78, 5) is 30.9. The van der Waals surface area contributed by atoms with Gasteiger partial charge in [-0.1, -0.05) is 0 Å². The van der Waals surface area contributed by atoms with Crippen LogP contribution < -0.4 is 16.2 Å². The Morgan fingerprint density at radius 2 is 2.44 bits per heavy atom. The molecule has 1 aromatic heterocycles. The lowest BCUT2D eigenvalue weighted by Crippen LogP contribution is -2.41. The zero-order chi connectivity index (χ0) is 11.7. The monoisotopic (exact) mass is 286 g/mol. The Morgan fingerprint density at radius 1 is 1.69 bits per heavy atom. The molecule has 1 aliphatic heterocycles. The van der Waals surface area contributed by atoms with Crippen LogP contribution in [0.25, 0.3) is 0 Å². The molecule has 7 heteroatoms. The molecule has 2 heterocycles. The van der Waals surface area contributed by atoms with E-state index in [0.717, 1.165) is 6.42 Å². The largest absolute Gasteiger partial charge is 0.368 e. The van der Waals surface area contributed by atoms with E-state index in [1.165, 1.54) is 6.33 Å². The number of hydrogen-bond acceptors (Lipinski definition) is 4. The Hall–Kier alpha value is -1.37. The first-order valence-electron chi connectivity index (χ1n) is 4.90. The zero-order valence-corrected chi connectivity index (χ0v) is 10.0. The van der Waals surface area contributed by atoms with Crippen molar-refractivity contribution in [1.82, 2.24) is 9.97 Å². The lowest BCUT2D eigenvalue weighted by atomic mass is 10.2. The van der Waals surface area contributed by atoms with E-state index in [-0.39, 0.29) is 17.5 Å². The molecule has 0 aromatic carbocycles. The highest BCUT2D eigenvalue weighted by Gasteiger charge is 2.31.